The average molecular weight is 361 g/mol. The Labute approximate surface area is 164 Å². The molecule has 4 nitrogen and oxygen atoms in total. The molecular weight excluding hydrogens is 334 g/mol. The van der Waals surface area contributed by atoms with Gasteiger partial charge >= 0.3 is 0 Å². The van der Waals surface area contributed by atoms with Gasteiger partial charge in [-0.1, -0.05) is 30.3 Å². The molecule has 4 aromatic rings. The van der Waals surface area contributed by atoms with Gasteiger partial charge in [-0.05, 0) is 51.4 Å². The van der Waals surface area contributed by atoms with Crippen molar-refractivity contribution in [3.63, 3.8) is 0 Å². The van der Waals surface area contributed by atoms with Crippen molar-refractivity contribution in [2.75, 3.05) is 9.80 Å². The van der Waals surface area contributed by atoms with Gasteiger partial charge in [0, 0.05) is 27.1 Å². The van der Waals surface area contributed by atoms with E-state index in [1.807, 2.05) is 55.1 Å². The number of para-hydroxylation sites is 1. The van der Waals surface area contributed by atoms with Crippen molar-refractivity contribution in [1.29, 1.82) is 0 Å². The quantitative estimate of drug-likeness (QED) is 0.438. The minimum absolute atomic E-state index is 0.453. The Morgan fingerprint density at radius 2 is 2.00 bits per heavy atom. The van der Waals surface area contributed by atoms with E-state index >= 15 is 0 Å². The lowest BCUT2D eigenvalue weighted by Crippen LogP contribution is -2.42. The number of pyridine rings is 1. The summed E-state index contributed by atoms with van der Waals surface area (Å²) in [6.45, 7) is 2.82. The first-order valence-corrected chi connectivity index (χ1v) is 9.07. The summed E-state index contributed by atoms with van der Waals surface area (Å²) in [5, 5.41) is 2.03. The van der Waals surface area contributed by atoms with Crippen molar-refractivity contribution in [2.45, 2.75) is 39.8 Å². The van der Waals surface area contributed by atoms with Crippen LogP contribution in [0.3, 0.4) is 0 Å². The molecule has 0 bridgehead atoms. The third-order valence-corrected chi connectivity index (χ3v) is 5.33. The van der Waals surface area contributed by atoms with E-state index in [2.05, 4.69) is 17.1 Å². The van der Waals surface area contributed by atoms with Gasteiger partial charge in [-0.25, -0.2) is 4.98 Å². The van der Waals surface area contributed by atoms with Crippen LogP contribution in [0.15, 0.2) is 59.1 Å². The summed E-state index contributed by atoms with van der Waals surface area (Å²) < 4.78 is 39.0. The molecule has 0 amide bonds. The molecule has 2 aromatic heterocycles. The second kappa shape index (κ2) is 5.74. The van der Waals surface area contributed by atoms with E-state index in [4.69, 9.17) is 9.90 Å². The molecular formula is C23H23N3O. The summed E-state index contributed by atoms with van der Waals surface area (Å²) in [5.74, 6) is 0.483. The molecule has 0 saturated heterocycles. The van der Waals surface area contributed by atoms with Crippen molar-refractivity contribution in [1.82, 2.24) is 4.98 Å². The molecule has 1 aliphatic heterocycles. The number of rotatable bonds is 2. The fourth-order valence-electron chi connectivity index (χ4n) is 4.17. The van der Waals surface area contributed by atoms with Gasteiger partial charge < -0.3 is 14.2 Å². The number of benzene rings is 2. The SMILES string of the molecule is [2H]C([2H])([2H])C([2H])(C)N1c2ncccc2N(c2c(C)ccc3c2oc2ccccc23)C1C. The fraction of sp³-hybridized carbons (Fsp3) is 0.261. The Kier molecular flexibility index (Phi) is 2.64. The summed E-state index contributed by atoms with van der Waals surface area (Å²) in [6, 6.07) is 13.9. The van der Waals surface area contributed by atoms with Crippen LogP contribution in [0, 0.1) is 6.92 Å². The van der Waals surface area contributed by atoms with Crippen LogP contribution < -0.4 is 9.80 Å². The molecule has 0 fully saturated rings. The zero-order chi connectivity index (χ0) is 22.1. The number of fused-ring (bicyclic) bond motifs is 4. The zero-order valence-electron chi connectivity index (χ0n) is 19.5. The molecule has 2 unspecified atom stereocenters. The minimum Gasteiger partial charge on any atom is -0.454 e. The molecule has 5 rings (SSSR count). The first-order valence-electron chi connectivity index (χ1n) is 11.1. The Balaban J connectivity index is 1.79. The molecule has 1 aliphatic rings. The van der Waals surface area contributed by atoms with Crippen molar-refractivity contribution < 1.29 is 9.90 Å². The highest BCUT2D eigenvalue weighted by molar-refractivity contribution is 6.10. The van der Waals surface area contributed by atoms with Gasteiger partial charge in [-0.15, -0.1) is 0 Å². The second-order valence-corrected chi connectivity index (χ2v) is 7.01. The van der Waals surface area contributed by atoms with Crippen molar-refractivity contribution in [2.24, 2.45) is 0 Å². The Hall–Kier alpha value is -3.01. The molecule has 136 valence electrons. The maximum atomic E-state index is 8.77. The number of hydrogen-bond donors (Lipinski definition) is 0. The summed E-state index contributed by atoms with van der Waals surface area (Å²) in [6.07, 6.45) is 1.18. The maximum Gasteiger partial charge on any atom is 0.159 e. The summed E-state index contributed by atoms with van der Waals surface area (Å²) >= 11 is 0. The predicted octanol–water partition coefficient (Wildman–Crippen LogP) is 6.00. The fourth-order valence-corrected chi connectivity index (χ4v) is 4.17. The normalized spacial score (nSPS) is 21.5. The molecule has 2 aromatic carbocycles. The molecule has 0 saturated carbocycles. The highest BCUT2D eigenvalue weighted by Crippen LogP contribution is 2.48. The van der Waals surface area contributed by atoms with Crippen LogP contribution in [-0.2, 0) is 0 Å². The van der Waals surface area contributed by atoms with Crippen LogP contribution in [0.1, 0.15) is 31.7 Å². The Bertz CT molecular complexity index is 1310. The van der Waals surface area contributed by atoms with Gasteiger partial charge in [0.15, 0.2) is 11.4 Å². The number of aryl methyl sites for hydroxylation is 1. The molecule has 3 heterocycles. The smallest absolute Gasteiger partial charge is 0.159 e. The zero-order valence-corrected chi connectivity index (χ0v) is 15.5. The van der Waals surface area contributed by atoms with E-state index in [-0.39, 0.29) is 0 Å². The molecule has 0 spiro atoms. The van der Waals surface area contributed by atoms with E-state index in [0.29, 0.717) is 5.82 Å². The standard InChI is InChI=1S/C23H23N3O/c1-14(2)25-16(4)26(19-9-7-13-24-23(19)25)21-15(3)11-12-18-17-8-5-6-10-20(17)27-22(18)21/h5-14,16H,1-4H3/i1D3,14D. The summed E-state index contributed by atoms with van der Waals surface area (Å²) in [5.41, 5.74) is 4.15. The largest absolute Gasteiger partial charge is 0.454 e. The lowest BCUT2D eigenvalue weighted by molar-refractivity contribution is 0.598. The van der Waals surface area contributed by atoms with Gasteiger partial charge in [0.2, 0.25) is 0 Å². The third kappa shape index (κ3) is 2.19. The van der Waals surface area contributed by atoms with Crippen LogP contribution in [0.4, 0.5) is 17.2 Å². The molecule has 0 N–H and O–H groups in total. The average Bonchev–Trinajstić information content (AvgIpc) is 3.22. The van der Waals surface area contributed by atoms with Crippen LogP contribution in [-0.4, -0.2) is 17.2 Å². The first kappa shape index (κ1) is 12.4. The van der Waals surface area contributed by atoms with Crippen LogP contribution in [0.25, 0.3) is 21.9 Å². The highest BCUT2D eigenvalue weighted by atomic mass is 16.3. The van der Waals surface area contributed by atoms with Gasteiger partial charge in [0.25, 0.3) is 0 Å². The van der Waals surface area contributed by atoms with E-state index in [0.717, 1.165) is 38.9 Å². The first-order chi connectivity index (χ1) is 14.6. The van der Waals surface area contributed by atoms with Crippen molar-refractivity contribution in [3.8, 4) is 0 Å². The van der Waals surface area contributed by atoms with Gasteiger partial charge in [0.05, 0.1) is 12.7 Å². The summed E-state index contributed by atoms with van der Waals surface area (Å²) in [4.78, 5) is 8.10. The minimum atomic E-state index is -2.52. The predicted molar refractivity (Wildman–Crippen MR) is 112 cm³/mol. The van der Waals surface area contributed by atoms with E-state index in [9.17, 15) is 0 Å². The summed E-state index contributed by atoms with van der Waals surface area (Å²) in [7, 11) is 0. The monoisotopic (exact) mass is 361 g/mol. The van der Waals surface area contributed by atoms with Gasteiger partial charge in [0.1, 0.15) is 11.7 Å². The second-order valence-electron chi connectivity index (χ2n) is 7.01. The topological polar surface area (TPSA) is 32.5 Å². The number of nitrogens with zero attached hydrogens (tertiary/aromatic N) is 3. The molecule has 27 heavy (non-hydrogen) atoms. The number of hydrogen-bond acceptors (Lipinski definition) is 4. The lowest BCUT2D eigenvalue weighted by atomic mass is 10.1. The maximum absolute atomic E-state index is 8.77. The van der Waals surface area contributed by atoms with Crippen LogP contribution >= 0.6 is 0 Å². The molecule has 4 heteroatoms. The highest BCUT2D eigenvalue weighted by Gasteiger charge is 2.38. The van der Waals surface area contributed by atoms with Gasteiger partial charge in [-0.2, -0.15) is 0 Å². The van der Waals surface area contributed by atoms with Crippen molar-refractivity contribution in [3.05, 3.63) is 60.3 Å². The Morgan fingerprint density at radius 1 is 1.15 bits per heavy atom. The van der Waals surface area contributed by atoms with E-state index in [1.54, 1.807) is 11.1 Å². The third-order valence-electron chi connectivity index (χ3n) is 5.33. The van der Waals surface area contributed by atoms with Gasteiger partial charge in [-0.3, -0.25) is 0 Å². The number of furan rings is 1. The van der Waals surface area contributed by atoms with Crippen molar-refractivity contribution >= 4 is 39.1 Å². The lowest BCUT2D eigenvalue weighted by Gasteiger charge is -2.33. The van der Waals surface area contributed by atoms with Crippen LogP contribution in [0.2, 0.25) is 0 Å². The van der Waals surface area contributed by atoms with E-state index < -0.39 is 19.0 Å². The number of anilines is 3. The Morgan fingerprint density at radius 3 is 2.85 bits per heavy atom. The molecule has 2 atom stereocenters. The van der Waals surface area contributed by atoms with E-state index in [1.165, 1.54) is 6.92 Å². The molecule has 0 aliphatic carbocycles. The molecule has 0 radical (unpaired) electrons. The number of aromatic nitrogens is 1. The van der Waals surface area contributed by atoms with Crippen LogP contribution in [0.5, 0.6) is 0 Å².